The largest absolute Gasteiger partial charge is 0.490 e. The van der Waals surface area contributed by atoms with Crippen molar-refractivity contribution >= 4 is 11.6 Å². The molecule has 2 rings (SSSR count). The first kappa shape index (κ1) is 11.9. The summed E-state index contributed by atoms with van der Waals surface area (Å²) in [6, 6.07) is 0. The Morgan fingerprint density at radius 3 is 2.65 bits per heavy atom. The predicted molar refractivity (Wildman–Crippen MR) is 65.4 cm³/mol. The van der Waals surface area contributed by atoms with Crippen molar-refractivity contribution < 1.29 is 9.84 Å². The molecular weight excluding hydrogens is 220 g/mol. The first-order chi connectivity index (χ1) is 8.18. The van der Waals surface area contributed by atoms with Gasteiger partial charge in [-0.05, 0) is 19.3 Å². The summed E-state index contributed by atoms with van der Waals surface area (Å²) in [5.41, 5.74) is -0.588. The quantitative estimate of drug-likeness (QED) is 0.706. The molecule has 0 spiro atoms. The highest BCUT2D eigenvalue weighted by Gasteiger charge is 2.34. The first-order valence-electron chi connectivity index (χ1n) is 5.71. The minimum Gasteiger partial charge on any atom is -0.490 e. The molecule has 6 heteroatoms. The second kappa shape index (κ2) is 4.75. The van der Waals surface area contributed by atoms with Crippen molar-refractivity contribution in [3.05, 3.63) is 6.33 Å². The molecule has 1 aliphatic rings. The van der Waals surface area contributed by atoms with Gasteiger partial charge in [0.25, 0.3) is 0 Å². The number of methoxy groups -OCH3 is 1. The van der Waals surface area contributed by atoms with Gasteiger partial charge in [-0.2, -0.15) is 0 Å². The van der Waals surface area contributed by atoms with Crippen molar-refractivity contribution in [3.8, 4) is 5.75 Å². The number of nitrogens with zero attached hydrogens (tertiary/aromatic N) is 2. The molecular formula is C11H18N4O2. The molecule has 1 aromatic heterocycles. The van der Waals surface area contributed by atoms with Crippen LogP contribution in [0.15, 0.2) is 6.33 Å². The summed E-state index contributed by atoms with van der Waals surface area (Å²) in [4.78, 5) is 8.18. The molecule has 1 aromatic rings. The molecule has 17 heavy (non-hydrogen) atoms. The summed E-state index contributed by atoms with van der Waals surface area (Å²) in [6.07, 6.45) is 4.22. The summed E-state index contributed by atoms with van der Waals surface area (Å²) in [7, 11) is 3.34. The molecule has 0 unspecified atom stereocenters. The van der Waals surface area contributed by atoms with Gasteiger partial charge in [-0.1, -0.05) is 0 Å². The maximum Gasteiger partial charge on any atom is 0.204 e. The van der Waals surface area contributed by atoms with Crippen molar-refractivity contribution in [1.29, 1.82) is 0 Å². The molecule has 0 aliphatic heterocycles. The molecule has 0 atom stereocenters. The topological polar surface area (TPSA) is 79.3 Å². The summed E-state index contributed by atoms with van der Waals surface area (Å²) in [5.74, 6) is 1.80. The van der Waals surface area contributed by atoms with Gasteiger partial charge in [-0.15, -0.1) is 0 Å². The van der Waals surface area contributed by atoms with E-state index in [1.165, 1.54) is 6.33 Å². The molecule has 1 aliphatic carbocycles. The normalized spacial score (nSPS) is 17.1. The van der Waals surface area contributed by atoms with Crippen LogP contribution in [0.25, 0.3) is 0 Å². The average Bonchev–Trinajstić information content (AvgIpc) is 2.33. The van der Waals surface area contributed by atoms with Crippen molar-refractivity contribution in [2.75, 3.05) is 31.3 Å². The maximum atomic E-state index is 10.00. The third kappa shape index (κ3) is 2.41. The van der Waals surface area contributed by atoms with Crippen molar-refractivity contribution in [1.82, 2.24) is 9.97 Å². The lowest BCUT2D eigenvalue weighted by atomic mass is 9.80. The van der Waals surface area contributed by atoms with Gasteiger partial charge in [0, 0.05) is 13.6 Å². The molecule has 0 radical (unpaired) electrons. The van der Waals surface area contributed by atoms with Crippen LogP contribution in [-0.4, -0.2) is 41.4 Å². The highest BCUT2D eigenvalue weighted by Crippen LogP contribution is 2.33. The number of aliphatic hydroxyl groups is 1. The van der Waals surface area contributed by atoms with E-state index in [9.17, 15) is 5.11 Å². The number of ether oxygens (including phenoxy) is 1. The zero-order chi connectivity index (χ0) is 12.3. The van der Waals surface area contributed by atoms with Crippen LogP contribution in [0, 0.1) is 0 Å². The number of rotatable bonds is 5. The third-order valence-electron chi connectivity index (χ3n) is 3.11. The molecule has 6 nitrogen and oxygen atoms in total. The summed E-state index contributed by atoms with van der Waals surface area (Å²) in [5, 5.41) is 16.0. The lowest BCUT2D eigenvalue weighted by Crippen LogP contribution is -2.43. The van der Waals surface area contributed by atoms with Gasteiger partial charge >= 0.3 is 0 Å². The van der Waals surface area contributed by atoms with E-state index in [0.29, 0.717) is 23.9 Å². The smallest absolute Gasteiger partial charge is 0.204 e. The molecule has 1 saturated carbocycles. The molecule has 94 valence electrons. The Labute approximate surface area is 100 Å². The number of anilines is 2. The summed E-state index contributed by atoms with van der Waals surface area (Å²) < 4.78 is 5.25. The zero-order valence-corrected chi connectivity index (χ0v) is 10.2. The lowest BCUT2D eigenvalue weighted by Gasteiger charge is -2.36. The predicted octanol–water partition coefficient (Wildman–Crippen LogP) is 0.854. The summed E-state index contributed by atoms with van der Waals surface area (Å²) >= 11 is 0. The highest BCUT2D eigenvalue weighted by molar-refractivity contribution is 5.63. The Morgan fingerprint density at radius 2 is 2.12 bits per heavy atom. The van der Waals surface area contributed by atoms with E-state index in [1.807, 2.05) is 0 Å². The standard InChI is InChI=1S/C11H18N4O2/c1-12-9-8(17-2)10(15-7-14-9)13-6-11(16)4-3-5-11/h7,16H,3-6H2,1-2H3,(H2,12,13,14,15). The van der Waals surface area contributed by atoms with E-state index >= 15 is 0 Å². The van der Waals surface area contributed by atoms with Gasteiger partial charge in [0.1, 0.15) is 6.33 Å². The fourth-order valence-electron chi connectivity index (χ4n) is 1.88. The van der Waals surface area contributed by atoms with Crippen LogP contribution in [0.2, 0.25) is 0 Å². The number of nitrogens with one attached hydrogen (secondary N) is 2. The van der Waals surface area contributed by atoms with Crippen LogP contribution in [0.5, 0.6) is 5.75 Å². The van der Waals surface area contributed by atoms with E-state index in [1.54, 1.807) is 14.2 Å². The van der Waals surface area contributed by atoms with Gasteiger partial charge in [0.05, 0.1) is 12.7 Å². The molecule has 0 amide bonds. The fraction of sp³-hybridized carbons (Fsp3) is 0.636. The van der Waals surface area contributed by atoms with Crippen LogP contribution in [0.4, 0.5) is 11.6 Å². The van der Waals surface area contributed by atoms with Gasteiger partial charge in [-0.25, -0.2) is 9.97 Å². The third-order valence-corrected chi connectivity index (χ3v) is 3.11. The second-order valence-corrected chi connectivity index (χ2v) is 4.29. The van der Waals surface area contributed by atoms with Crippen molar-refractivity contribution in [2.24, 2.45) is 0 Å². The Balaban J connectivity index is 2.09. The SMILES string of the molecule is CNc1ncnc(NCC2(O)CCC2)c1OC. The Kier molecular flexibility index (Phi) is 3.33. The van der Waals surface area contributed by atoms with E-state index in [2.05, 4.69) is 20.6 Å². The average molecular weight is 238 g/mol. The van der Waals surface area contributed by atoms with Gasteiger partial charge in [0.15, 0.2) is 11.6 Å². The number of hydrogen-bond donors (Lipinski definition) is 3. The van der Waals surface area contributed by atoms with E-state index in [0.717, 1.165) is 19.3 Å². The van der Waals surface area contributed by atoms with Crippen LogP contribution in [0.1, 0.15) is 19.3 Å². The molecule has 1 heterocycles. The van der Waals surface area contributed by atoms with Gasteiger partial charge in [0.2, 0.25) is 5.75 Å². The Bertz CT molecular complexity index is 393. The fourth-order valence-corrected chi connectivity index (χ4v) is 1.88. The minimum absolute atomic E-state index is 0.490. The molecule has 0 aromatic carbocycles. The molecule has 0 saturated heterocycles. The number of hydrogen-bond acceptors (Lipinski definition) is 6. The van der Waals surface area contributed by atoms with E-state index in [-0.39, 0.29) is 0 Å². The maximum absolute atomic E-state index is 10.00. The van der Waals surface area contributed by atoms with Crippen LogP contribution >= 0.6 is 0 Å². The van der Waals surface area contributed by atoms with Crippen LogP contribution in [0.3, 0.4) is 0 Å². The molecule has 3 N–H and O–H groups in total. The van der Waals surface area contributed by atoms with Gasteiger partial charge in [-0.3, -0.25) is 0 Å². The summed E-state index contributed by atoms with van der Waals surface area (Å²) in [6.45, 7) is 0.490. The Hall–Kier alpha value is -1.56. The monoisotopic (exact) mass is 238 g/mol. The van der Waals surface area contributed by atoms with Crippen molar-refractivity contribution in [2.45, 2.75) is 24.9 Å². The van der Waals surface area contributed by atoms with Crippen LogP contribution < -0.4 is 15.4 Å². The Morgan fingerprint density at radius 1 is 1.41 bits per heavy atom. The number of aromatic nitrogens is 2. The first-order valence-corrected chi connectivity index (χ1v) is 5.71. The highest BCUT2D eigenvalue weighted by atomic mass is 16.5. The van der Waals surface area contributed by atoms with E-state index in [4.69, 9.17) is 4.74 Å². The van der Waals surface area contributed by atoms with Crippen LogP contribution in [-0.2, 0) is 0 Å². The molecule has 1 fully saturated rings. The zero-order valence-electron chi connectivity index (χ0n) is 10.2. The van der Waals surface area contributed by atoms with Gasteiger partial charge < -0.3 is 20.5 Å². The minimum atomic E-state index is -0.588. The lowest BCUT2D eigenvalue weighted by molar-refractivity contribution is -0.0202. The molecule has 0 bridgehead atoms. The van der Waals surface area contributed by atoms with Crippen molar-refractivity contribution in [3.63, 3.8) is 0 Å². The van der Waals surface area contributed by atoms with E-state index < -0.39 is 5.60 Å². The second-order valence-electron chi connectivity index (χ2n) is 4.29.